The lowest BCUT2D eigenvalue weighted by atomic mass is 9.83. The lowest BCUT2D eigenvalue weighted by molar-refractivity contribution is -0.146. The summed E-state index contributed by atoms with van der Waals surface area (Å²) in [5.74, 6) is -0.525. The van der Waals surface area contributed by atoms with E-state index in [4.69, 9.17) is 14.2 Å². The van der Waals surface area contributed by atoms with Crippen LogP contribution in [-0.2, 0) is 19.0 Å². The number of cyclic esters (lactones) is 1. The first-order valence-corrected chi connectivity index (χ1v) is 8.53. The second-order valence-electron chi connectivity index (χ2n) is 6.37. The van der Waals surface area contributed by atoms with Crippen LogP contribution in [0.5, 0.6) is 0 Å². The van der Waals surface area contributed by atoms with Gasteiger partial charge in [-0.05, 0) is 18.1 Å². The summed E-state index contributed by atoms with van der Waals surface area (Å²) in [7, 11) is 1.32. The molecule has 3 rings (SSSR count). The van der Waals surface area contributed by atoms with E-state index in [2.05, 4.69) is 0 Å². The number of esters is 1. The molecule has 1 amide bonds. The number of allylic oxidation sites excluding steroid dienone is 1. The van der Waals surface area contributed by atoms with Crippen LogP contribution in [0.4, 0.5) is 4.79 Å². The maximum atomic E-state index is 12.3. The first kappa shape index (κ1) is 17.3. The molecule has 25 heavy (non-hydrogen) atoms. The van der Waals surface area contributed by atoms with Crippen molar-refractivity contribution in [1.29, 1.82) is 0 Å². The van der Waals surface area contributed by atoms with Gasteiger partial charge in [0, 0.05) is 11.8 Å². The van der Waals surface area contributed by atoms with Crippen molar-refractivity contribution in [3.63, 3.8) is 0 Å². The number of rotatable bonds is 4. The van der Waals surface area contributed by atoms with Gasteiger partial charge in [0.2, 0.25) is 5.76 Å². The molecule has 1 aromatic rings. The Labute approximate surface area is 147 Å². The number of nitrogens with zero attached hydrogens (tertiary/aromatic N) is 1. The molecule has 6 nitrogen and oxygen atoms in total. The molecule has 2 aliphatic heterocycles. The van der Waals surface area contributed by atoms with E-state index in [1.807, 2.05) is 44.2 Å². The number of benzene rings is 1. The van der Waals surface area contributed by atoms with E-state index in [1.54, 1.807) is 11.0 Å². The summed E-state index contributed by atoms with van der Waals surface area (Å²) in [5, 5.41) is 0. The van der Waals surface area contributed by atoms with E-state index in [-0.39, 0.29) is 23.6 Å². The van der Waals surface area contributed by atoms with Crippen LogP contribution in [0.2, 0.25) is 0 Å². The molecule has 0 radical (unpaired) electrons. The second kappa shape index (κ2) is 7.17. The average Bonchev–Trinajstić information content (AvgIpc) is 3.02. The highest BCUT2D eigenvalue weighted by Gasteiger charge is 2.46. The van der Waals surface area contributed by atoms with Gasteiger partial charge < -0.3 is 14.2 Å². The maximum absolute atomic E-state index is 12.3. The van der Waals surface area contributed by atoms with Crippen molar-refractivity contribution in [2.24, 2.45) is 5.92 Å². The minimum Gasteiger partial charge on any atom is -0.463 e. The number of ether oxygens (including phenoxy) is 3. The summed E-state index contributed by atoms with van der Waals surface area (Å²) in [4.78, 5) is 26.0. The third kappa shape index (κ3) is 3.21. The molecule has 0 saturated carbocycles. The lowest BCUT2D eigenvalue weighted by Gasteiger charge is -2.40. The van der Waals surface area contributed by atoms with Gasteiger partial charge in [-0.2, -0.15) is 0 Å². The van der Waals surface area contributed by atoms with Gasteiger partial charge >= 0.3 is 12.1 Å². The molecule has 0 aromatic heterocycles. The normalized spacial score (nSPS) is 28.8. The van der Waals surface area contributed by atoms with Crippen LogP contribution in [0.3, 0.4) is 0 Å². The number of amides is 1. The standard InChI is InChI=1S/C19H23NO5/c1-4-14-11-24-19(22)20(14)17-12(2)15(13-8-6-5-7-9-13)10-16(25-17)18(21)23-3/h5-10,12,14-15,17H,4,11H2,1-3H3/t12-,14+,15+,17-/m0/s1. The third-order valence-electron chi connectivity index (χ3n) is 4.91. The highest BCUT2D eigenvalue weighted by atomic mass is 16.6. The molecule has 0 bridgehead atoms. The smallest absolute Gasteiger partial charge is 0.413 e. The van der Waals surface area contributed by atoms with E-state index in [1.165, 1.54) is 7.11 Å². The summed E-state index contributed by atoms with van der Waals surface area (Å²) in [6.45, 7) is 4.36. The number of hydrogen-bond acceptors (Lipinski definition) is 5. The zero-order valence-electron chi connectivity index (χ0n) is 14.7. The van der Waals surface area contributed by atoms with Crippen LogP contribution in [0.1, 0.15) is 31.7 Å². The number of methoxy groups -OCH3 is 1. The topological polar surface area (TPSA) is 65.1 Å². The molecule has 1 fully saturated rings. The highest BCUT2D eigenvalue weighted by Crippen LogP contribution is 2.39. The first-order valence-electron chi connectivity index (χ1n) is 8.53. The first-order chi connectivity index (χ1) is 12.1. The minimum atomic E-state index is -0.579. The average molecular weight is 345 g/mol. The lowest BCUT2D eigenvalue weighted by Crippen LogP contribution is -2.50. The molecular weight excluding hydrogens is 322 g/mol. The van der Waals surface area contributed by atoms with Crippen LogP contribution in [0, 0.1) is 5.92 Å². The SMILES string of the molecule is CC[C@@H]1COC(=O)N1[C@H]1OC(C(=O)OC)=C[C@@H](c2ccccc2)[C@@H]1C. The zero-order chi connectivity index (χ0) is 18.0. The van der Waals surface area contributed by atoms with Crippen molar-refractivity contribution in [3.8, 4) is 0 Å². The number of hydrogen-bond donors (Lipinski definition) is 0. The number of carbonyl (C=O) groups excluding carboxylic acids is 2. The van der Waals surface area contributed by atoms with Crippen molar-refractivity contribution in [2.45, 2.75) is 38.5 Å². The van der Waals surface area contributed by atoms with Crippen molar-refractivity contribution >= 4 is 12.1 Å². The van der Waals surface area contributed by atoms with Crippen molar-refractivity contribution in [2.75, 3.05) is 13.7 Å². The monoisotopic (exact) mass is 345 g/mol. The van der Waals surface area contributed by atoms with Gasteiger partial charge in [0.25, 0.3) is 0 Å². The molecule has 0 N–H and O–H groups in total. The van der Waals surface area contributed by atoms with E-state index < -0.39 is 18.3 Å². The zero-order valence-corrected chi connectivity index (χ0v) is 14.7. The van der Waals surface area contributed by atoms with E-state index in [0.717, 1.165) is 12.0 Å². The van der Waals surface area contributed by atoms with E-state index >= 15 is 0 Å². The molecule has 134 valence electrons. The van der Waals surface area contributed by atoms with Gasteiger partial charge in [0.15, 0.2) is 6.23 Å². The fourth-order valence-corrected chi connectivity index (χ4v) is 3.47. The summed E-state index contributed by atoms with van der Waals surface area (Å²) in [6, 6.07) is 9.81. The predicted octanol–water partition coefficient (Wildman–Crippen LogP) is 3.05. The van der Waals surface area contributed by atoms with Gasteiger partial charge in [-0.25, -0.2) is 9.59 Å². The Balaban J connectivity index is 1.98. The Kier molecular flexibility index (Phi) is 4.97. The molecule has 0 spiro atoms. The van der Waals surface area contributed by atoms with Gasteiger partial charge in [0.05, 0.1) is 13.2 Å². The Bertz CT molecular complexity index is 672. The summed E-state index contributed by atoms with van der Waals surface area (Å²) < 4.78 is 15.9. The van der Waals surface area contributed by atoms with E-state index in [0.29, 0.717) is 6.61 Å². The second-order valence-corrected chi connectivity index (χ2v) is 6.37. The van der Waals surface area contributed by atoms with Gasteiger partial charge in [-0.1, -0.05) is 44.2 Å². The molecule has 0 unspecified atom stereocenters. The molecule has 6 heteroatoms. The molecular formula is C19H23NO5. The molecule has 2 heterocycles. The van der Waals surface area contributed by atoms with Crippen molar-refractivity contribution in [1.82, 2.24) is 4.90 Å². The van der Waals surface area contributed by atoms with Crippen molar-refractivity contribution < 1.29 is 23.8 Å². The predicted molar refractivity (Wildman–Crippen MR) is 90.6 cm³/mol. The maximum Gasteiger partial charge on any atom is 0.413 e. The van der Waals surface area contributed by atoms with Crippen molar-refractivity contribution in [3.05, 3.63) is 47.7 Å². The van der Waals surface area contributed by atoms with Crippen LogP contribution in [0.25, 0.3) is 0 Å². The van der Waals surface area contributed by atoms with Gasteiger partial charge in [-0.3, -0.25) is 4.90 Å². The number of carbonyl (C=O) groups is 2. The Morgan fingerprint density at radius 2 is 2.04 bits per heavy atom. The van der Waals surface area contributed by atoms with Crippen LogP contribution >= 0.6 is 0 Å². The van der Waals surface area contributed by atoms with E-state index in [9.17, 15) is 9.59 Å². The molecule has 2 aliphatic rings. The molecule has 4 atom stereocenters. The Morgan fingerprint density at radius 1 is 1.32 bits per heavy atom. The quantitative estimate of drug-likeness (QED) is 0.785. The minimum absolute atomic E-state index is 0.0458. The Morgan fingerprint density at radius 3 is 2.68 bits per heavy atom. The Hall–Kier alpha value is -2.50. The molecule has 1 saturated heterocycles. The van der Waals surface area contributed by atoms with Crippen LogP contribution in [-0.4, -0.2) is 42.9 Å². The fraction of sp³-hybridized carbons (Fsp3) is 0.474. The van der Waals surface area contributed by atoms with Crippen LogP contribution in [0.15, 0.2) is 42.2 Å². The third-order valence-corrected chi connectivity index (χ3v) is 4.91. The van der Waals surface area contributed by atoms with Crippen LogP contribution < -0.4 is 0 Å². The highest BCUT2D eigenvalue weighted by molar-refractivity contribution is 5.86. The van der Waals surface area contributed by atoms with Gasteiger partial charge in [-0.15, -0.1) is 0 Å². The largest absolute Gasteiger partial charge is 0.463 e. The summed E-state index contributed by atoms with van der Waals surface area (Å²) in [5.41, 5.74) is 1.06. The molecule has 1 aromatic carbocycles. The summed E-state index contributed by atoms with van der Waals surface area (Å²) in [6.07, 6.45) is 1.56. The summed E-state index contributed by atoms with van der Waals surface area (Å²) >= 11 is 0. The van der Waals surface area contributed by atoms with Gasteiger partial charge in [0.1, 0.15) is 6.61 Å². The fourth-order valence-electron chi connectivity index (χ4n) is 3.47. The molecule has 0 aliphatic carbocycles.